The quantitative estimate of drug-likeness (QED) is 0.0519. The standard InChI is InChI=1S/C20H16Cl2FN5OS.C18H22BCl2FN2O2.C17H14Cl2FN3O2S.C16H12Cl2FN3O2S/c1-19(2,23)12-5-13(21)16(14(22)6-12)28-8-11(7-25-28)18-26-15(9-30-18)17(29)27-20(10-24)3-4-20;1-16(2,22)11-7-13(20)15(14(21)8-11)24-10-12(9-23-24)19-25-17(3,4)18(5,6)26-19;1-17(2,20)10-4-11(18)14(12(19)5-10)23-7-9(6-21-23)15-22-13(8-26-15)16(24)25-3;1-16(2,19)9-3-10(17)13(11(18)4-9)22-6-8(5-20-22)14-21-12(7-25-14)15(23)24/h5-9H,3-4H2,1-2H3,(H,27,29);7-10H,1-6H3;4-8H,1-3H3;3-7H,1-2H3,(H,23,24). The Morgan fingerprint density at radius 3 is 1.09 bits per heavy atom. The van der Waals surface area contributed by atoms with E-state index in [1.54, 1.807) is 71.0 Å². The number of nitriles is 1. The molecule has 4 aromatic carbocycles. The Balaban J connectivity index is 0.000000153. The zero-order valence-electron chi connectivity index (χ0n) is 59.0. The molecule has 8 heterocycles. The third-order valence-electron chi connectivity index (χ3n) is 17.0. The summed E-state index contributed by atoms with van der Waals surface area (Å²) < 4.78 is 79.4. The van der Waals surface area contributed by atoms with Crippen molar-refractivity contribution < 1.29 is 51.1 Å². The van der Waals surface area contributed by atoms with E-state index >= 15 is 0 Å². The fourth-order valence-corrected chi connectivity index (χ4v) is 15.0. The topological polar surface area (TPSA) is 245 Å². The van der Waals surface area contributed by atoms with E-state index in [0.29, 0.717) is 99.6 Å². The molecular weight excluding hydrogens is 1610 g/mol. The fourth-order valence-electron chi connectivity index (χ4n) is 10.0. The van der Waals surface area contributed by atoms with Crippen molar-refractivity contribution in [2.24, 2.45) is 0 Å². The number of hydrogen-bond donors (Lipinski definition) is 2. The summed E-state index contributed by atoms with van der Waals surface area (Å²) in [5.74, 6) is -1.97. The van der Waals surface area contributed by atoms with Gasteiger partial charge in [0.2, 0.25) is 0 Å². The third kappa shape index (κ3) is 18.7. The maximum Gasteiger partial charge on any atom is 0.498 e. The van der Waals surface area contributed by atoms with Crippen molar-refractivity contribution in [1.29, 1.82) is 5.26 Å². The largest absolute Gasteiger partial charge is 0.498 e. The lowest BCUT2D eigenvalue weighted by Gasteiger charge is -2.32. The van der Waals surface area contributed by atoms with Crippen molar-refractivity contribution in [2.75, 3.05) is 7.11 Å². The molecule has 0 spiro atoms. The molecule has 13 rings (SSSR count). The predicted octanol–water partition coefficient (Wildman–Crippen LogP) is 20.5. The van der Waals surface area contributed by atoms with Crippen LogP contribution in [0.1, 0.15) is 150 Å². The van der Waals surface area contributed by atoms with Gasteiger partial charge in [0.1, 0.15) is 71.7 Å². The van der Waals surface area contributed by atoms with E-state index in [1.807, 2.05) is 27.7 Å². The van der Waals surface area contributed by atoms with E-state index in [0.717, 1.165) is 5.46 Å². The van der Waals surface area contributed by atoms with Crippen LogP contribution >= 0.6 is 127 Å². The Bertz CT molecular complexity index is 5140. The van der Waals surface area contributed by atoms with Gasteiger partial charge in [0.15, 0.2) is 11.4 Å². The summed E-state index contributed by atoms with van der Waals surface area (Å²) in [6.45, 7) is 19.4. The molecule has 1 amide bonds. The number of thiazole rings is 3. The number of amides is 1. The SMILES string of the molecule is CC(C)(F)c1cc(Cl)c(-n2cc(-c3nc(C(=O)NC4(C#N)CC4)cs3)cn2)c(Cl)c1.CC(C)(F)c1cc(Cl)c(-n2cc(-c3nc(C(=O)O)cs3)cn2)c(Cl)c1.CC(C)(F)c1cc(Cl)c(-n2cc(B3OC(C)(C)C(C)(C)O3)cn2)c(Cl)c1.COC(=O)c1csc(-c2cnn(-c3c(Cl)cc(C(C)(C)F)cc3Cl)c2)n1. The van der Waals surface area contributed by atoms with Crippen LogP contribution in [0.4, 0.5) is 17.6 Å². The summed E-state index contributed by atoms with van der Waals surface area (Å²) in [6, 6.07) is 14.4. The number of carboxylic acids is 1. The van der Waals surface area contributed by atoms with Crippen molar-refractivity contribution in [3.8, 4) is 60.5 Å². The van der Waals surface area contributed by atoms with Gasteiger partial charge < -0.3 is 24.5 Å². The first kappa shape index (κ1) is 82.0. The molecule has 2 aliphatic rings. The molecule has 2 N–H and O–H groups in total. The average molecular weight is 1680 g/mol. The number of esters is 1. The second-order valence-electron chi connectivity index (χ2n) is 27.4. The highest BCUT2D eigenvalue weighted by Gasteiger charge is 2.52. The minimum atomic E-state index is -1.58. The Morgan fingerprint density at radius 1 is 0.514 bits per heavy atom. The number of aromatic carboxylic acids is 1. The molecule has 1 saturated carbocycles. The van der Waals surface area contributed by atoms with Gasteiger partial charge >= 0.3 is 19.1 Å². The van der Waals surface area contributed by atoms with Crippen molar-refractivity contribution in [1.82, 2.24) is 59.4 Å². The molecule has 11 aromatic rings. The number of hydrogen-bond acceptors (Lipinski definition) is 17. The number of carbonyl (C=O) groups is 3. The summed E-state index contributed by atoms with van der Waals surface area (Å²) in [5, 5.41) is 46.5. The summed E-state index contributed by atoms with van der Waals surface area (Å²) in [4.78, 5) is 47.4. The van der Waals surface area contributed by atoms with Gasteiger partial charge in [0.25, 0.3) is 5.91 Å². The number of ether oxygens (including phenoxy) is 1. The molecule has 0 radical (unpaired) electrons. The maximum atomic E-state index is 14.2. The van der Waals surface area contributed by atoms with Crippen LogP contribution in [0, 0.1) is 11.3 Å². The summed E-state index contributed by atoms with van der Waals surface area (Å²) in [7, 11) is 0.765. The Morgan fingerprint density at radius 2 is 0.804 bits per heavy atom. The van der Waals surface area contributed by atoms with Gasteiger partial charge in [-0.1, -0.05) is 92.8 Å². The zero-order valence-corrected chi connectivity index (χ0v) is 67.5. The van der Waals surface area contributed by atoms with Crippen molar-refractivity contribution in [3.63, 3.8) is 0 Å². The molecule has 0 unspecified atom stereocenters. The number of aromatic nitrogens is 11. The minimum Gasteiger partial charge on any atom is -0.476 e. The van der Waals surface area contributed by atoms with Crippen LogP contribution < -0.4 is 10.8 Å². The number of carboxylic acid groups (broad SMARTS) is 1. The van der Waals surface area contributed by atoms with Gasteiger partial charge in [-0.15, -0.1) is 34.0 Å². The van der Waals surface area contributed by atoms with Crippen LogP contribution in [0.3, 0.4) is 0 Å². The number of rotatable bonds is 16. The number of carbonyl (C=O) groups excluding carboxylic acids is 2. The Hall–Kier alpha value is -7.47. The molecule has 7 aromatic heterocycles. The summed E-state index contributed by atoms with van der Waals surface area (Å²) >= 11 is 54.4. The van der Waals surface area contributed by atoms with Crippen LogP contribution in [0.5, 0.6) is 0 Å². The van der Waals surface area contributed by atoms with Crippen molar-refractivity contribution in [3.05, 3.63) is 194 Å². The van der Waals surface area contributed by atoms with E-state index in [1.165, 1.54) is 159 Å². The number of nitrogens with one attached hydrogen (secondary N) is 1. The fraction of sp³-hybridized carbons (Fsp3) is 0.310. The van der Waals surface area contributed by atoms with E-state index in [-0.39, 0.29) is 53.1 Å². The summed E-state index contributed by atoms with van der Waals surface area (Å²) in [5.41, 5.74) is -1.41. The predicted molar refractivity (Wildman–Crippen MR) is 413 cm³/mol. The second kappa shape index (κ2) is 31.5. The number of alkyl halides is 4. The maximum absolute atomic E-state index is 14.2. The molecule has 1 saturated heterocycles. The number of methoxy groups -OCH3 is 1. The van der Waals surface area contributed by atoms with E-state index in [2.05, 4.69) is 51.5 Å². The molecular formula is C71H64BCl8F4N13O7S3. The van der Waals surface area contributed by atoms with Gasteiger partial charge in [0, 0.05) is 69.3 Å². The minimum absolute atomic E-state index is 0.0293. The van der Waals surface area contributed by atoms with Gasteiger partial charge in [0.05, 0.1) is 83.2 Å². The van der Waals surface area contributed by atoms with Crippen LogP contribution in [0.2, 0.25) is 40.2 Å². The highest BCUT2D eigenvalue weighted by Crippen LogP contribution is 2.43. The van der Waals surface area contributed by atoms with Crippen LogP contribution in [0.15, 0.2) is 114 Å². The van der Waals surface area contributed by atoms with Gasteiger partial charge in [-0.2, -0.15) is 25.7 Å². The van der Waals surface area contributed by atoms with Crippen molar-refractivity contribution in [2.45, 2.75) is 135 Å². The molecule has 36 heteroatoms. The number of benzene rings is 4. The Kier molecular flexibility index (Phi) is 24.1. The van der Waals surface area contributed by atoms with Gasteiger partial charge in [-0.3, -0.25) is 4.79 Å². The first-order valence-corrected chi connectivity index (χ1v) is 37.7. The second-order valence-corrected chi connectivity index (χ2v) is 33.3. The van der Waals surface area contributed by atoms with Crippen molar-refractivity contribution >= 4 is 157 Å². The zero-order chi connectivity index (χ0) is 78.6. The van der Waals surface area contributed by atoms with E-state index in [4.69, 9.17) is 112 Å². The van der Waals surface area contributed by atoms with E-state index in [9.17, 15) is 31.9 Å². The summed E-state index contributed by atoms with van der Waals surface area (Å²) in [6.07, 6.45) is 14.4. The molecule has 1 aliphatic heterocycles. The van der Waals surface area contributed by atoms with Gasteiger partial charge in [-0.05, 0) is 167 Å². The van der Waals surface area contributed by atoms with Crippen LogP contribution in [-0.4, -0.2) is 108 Å². The lowest BCUT2D eigenvalue weighted by Crippen LogP contribution is -2.41. The first-order chi connectivity index (χ1) is 49.8. The smallest absolute Gasteiger partial charge is 0.476 e. The lowest BCUT2D eigenvalue weighted by atomic mass is 9.82. The molecule has 107 heavy (non-hydrogen) atoms. The normalized spacial score (nSPS) is 14.4. The lowest BCUT2D eigenvalue weighted by molar-refractivity contribution is 0.00578. The van der Waals surface area contributed by atoms with E-state index < -0.39 is 58.5 Å². The highest BCUT2D eigenvalue weighted by atomic mass is 35.5. The first-order valence-electron chi connectivity index (χ1n) is 32.0. The molecule has 2 fully saturated rings. The van der Waals surface area contributed by atoms with Crippen LogP contribution in [-0.2, 0) is 36.7 Å². The molecule has 0 atom stereocenters. The monoisotopic (exact) mass is 1670 g/mol. The molecule has 0 bridgehead atoms. The third-order valence-corrected chi connectivity index (χ3v) is 22.0. The Labute approximate surface area is 664 Å². The molecule has 20 nitrogen and oxygen atoms in total. The molecule has 1 aliphatic carbocycles. The number of halogens is 12. The average Bonchev–Trinajstić information content (AvgIpc) is 1.78. The van der Waals surface area contributed by atoms with Crippen LogP contribution in [0.25, 0.3) is 54.5 Å². The van der Waals surface area contributed by atoms with Gasteiger partial charge in [-0.25, -0.2) is 60.8 Å². The number of nitrogens with zero attached hydrogens (tertiary/aromatic N) is 12. The highest BCUT2D eigenvalue weighted by molar-refractivity contribution is 7.14. The molecule has 560 valence electrons.